The molecular weight excluding hydrogens is 194 g/mol. The zero-order valence-corrected chi connectivity index (χ0v) is 9.55. The molecule has 0 radical (unpaired) electrons. The van der Waals surface area contributed by atoms with E-state index < -0.39 is 0 Å². The molecule has 0 aliphatic heterocycles. The largest absolute Gasteiger partial charge is 0.370 e. The van der Waals surface area contributed by atoms with Gasteiger partial charge >= 0.3 is 0 Å². The van der Waals surface area contributed by atoms with Crippen molar-refractivity contribution in [1.82, 2.24) is 4.90 Å². The van der Waals surface area contributed by atoms with E-state index in [9.17, 15) is 0 Å². The van der Waals surface area contributed by atoms with E-state index in [0.29, 0.717) is 5.96 Å². The van der Waals surface area contributed by atoms with Crippen LogP contribution in [0.25, 0.3) is 0 Å². The first-order valence-electron chi connectivity index (χ1n) is 4.77. The Morgan fingerprint density at radius 2 is 2.43 bits per heavy atom. The third kappa shape index (κ3) is 3.38. The molecule has 1 aromatic heterocycles. The number of nitrogens with zero attached hydrogens (tertiary/aromatic N) is 2. The molecule has 0 aliphatic carbocycles. The smallest absolute Gasteiger partial charge is 0.191 e. The summed E-state index contributed by atoms with van der Waals surface area (Å²) in [7, 11) is 1.97. The minimum atomic E-state index is 0.625. The van der Waals surface area contributed by atoms with Crippen LogP contribution in [0.1, 0.15) is 18.2 Å². The van der Waals surface area contributed by atoms with Gasteiger partial charge in [-0.1, -0.05) is 13.0 Å². The van der Waals surface area contributed by atoms with Gasteiger partial charge in [0.25, 0.3) is 0 Å². The van der Waals surface area contributed by atoms with Gasteiger partial charge in [0.2, 0.25) is 0 Å². The fourth-order valence-corrected chi connectivity index (χ4v) is 1.82. The normalized spacial score (nSPS) is 11.7. The van der Waals surface area contributed by atoms with E-state index in [-0.39, 0.29) is 0 Å². The maximum absolute atomic E-state index is 5.80. The summed E-state index contributed by atoms with van der Waals surface area (Å²) < 4.78 is 0. The predicted molar refractivity (Wildman–Crippen MR) is 62.6 cm³/mol. The Morgan fingerprint density at radius 3 is 3.00 bits per heavy atom. The molecule has 0 amide bonds. The second-order valence-corrected chi connectivity index (χ2v) is 4.21. The fourth-order valence-electron chi connectivity index (χ4n) is 1.06. The maximum atomic E-state index is 5.80. The molecule has 4 heteroatoms. The predicted octanol–water partition coefficient (Wildman–Crippen LogP) is 1.90. The van der Waals surface area contributed by atoms with Gasteiger partial charge in [-0.3, -0.25) is 4.99 Å². The molecule has 1 heterocycles. The molecule has 0 atom stereocenters. The highest BCUT2D eigenvalue weighted by Crippen LogP contribution is 2.10. The molecule has 0 aliphatic rings. The molecule has 14 heavy (non-hydrogen) atoms. The van der Waals surface area contributed by atoms with Crippen LogP contribution in [0.4, 0.5) is 0 Å². The molecule has 0 saturated carbocycles. The van der Waals surface area contributed by atoms with E-state index in [1.165, 1.54) is 4.88 Å². The van der Waals surface area contributed by atoms with Crippen LogP contribution in [0, 0.1) is 0 Å². The van der Waals surface area contributed by atoms with E-state index in [0.717, 1.165) is 19.5 Å². The van der Waals surface area contributed by atoms with Crippen molar-refractivity contribution >= 4 is 17.3 Å². The van der Waals surface area contributed by atoms with Crippen LogP contribution in [-0.2, 0) is 6.54 Å². The number of nitrogens with two attached hydrogens (primary N) is 1. The molecule has 2 N–H and O–H groups in total. The van der Waals surface area contributed by atoms with E-state index in [2.05, 4.69) is 23.4 Å². The summed E-state index contributed by atoms with van der Waals surface area (Å²) in [5, 5.41) is 2.07. The topological polar surface area (TPSA) is 41.6 Å². The second kappa shape index (κ2) is 5.65. The van der Waals surface area contributed by atoms with Gasteiger partial charge in [0.15, 0.2) is 5.96 Å². The van der Waals surface area contributed by atoms with E-state index in [4.69, 9.17) is 5.73 Å². The summed E-state index contributed by atoms with van der Waals surface area (Å²) in [6.07, 6.45) is 1.04. The highest BCUT2D eigenvalue weighted by molar-refractivity contribution is 7.09. The number of aliphatic imine (C=N–C) groups is 1. The molecule has 3 nitrogen and oxygen atoms in total. The van der Waals surface area contributed by atoms with Crippen molar-refractivity contribution in [1.29, 1.82) is 0 Å². The van der Waals surface area contributed by atoms with Crippen LogP contribution in [-0.4, -0.2) is 24.5 Å². The van der Waals surface area contributed by atoms with Crippen molar-refractivity contribution in [3.63, 3.8) is 0 Å². The minimum absolute atomic E-state index is 0.625. The molecule has 0 fully saturated rings. The van der Waals surface area contributed by atoms with Gasteiger partial charge in [-0.05, 0) is 17.9 Å². The molecule has 0 spiro atoms. The zero-order valence-electron chi connectivity index (χ0n) is 8.73. The van der Waals surface area contributed by atoms with Gasteiger partial charge in [-0.2, -0.15) is 0 Å². The number of hydrogen-bond acceptors (Lipinski definition) is 2. The first kappa shape index (κ1) is 11.0. The second-order valence-electron chi connectivity index (χ2n) is 3.18. The first-order chi connectivity index (χ1) is 6.74. The summed E-state index contributed by atoms with van der Waals surface area (Å²) in [6, 6.07) is 4.15. The lowest BCUT2D eigenvalue weighted by Gasteiger charge is -2.16. The SMILES string of the molecule is CCCN=C(N)N(C)Cc1cccs1. The lowest BCUT2D eigenvalue weighted by molar-refractivity contribution is 0.497. The summed E-state index contributed by atoms with van der Waals surface area (Å²) in [5.74, 6) is 0.625. The average Bonchev–Trinajstić information content (AvgIpc) is 2.66. The molecule has 0 saturated heterocycles. The summed E-state index contributed by atoms with van der Waals surface area (Å²) >= 11 is 1.74. The molecule has 0 unspecified atom stereocenters. The van der Waals surface area contributed by atoms with Gasteiger partial charge in [-0.15, -0.1) is 11.3 Å². The van der Waals surface area contributed by atoms with Crippen molar-refractivity contribution in [2.24, 2.45) is 10.7 Å². The maximum Gasteiger partial charge on any atom is 0.191 e. The number of hydrogen-bond donors (Lipinski definition) is 1. The number of thiophene rings is 1. The van der Waals surface area contributed by atoms with Crippen LogP contribution < -0.4 is 5.73 Å². The van der Waals surface area contributed by atoms with E-state index in [1.54, 1.807) is 11.3 Å². The van der Waals surface area contributed by atoms with Crippen LogP contribution in [0.3, 0.4) is 0 Å². The minimum Gasteiger partial charge on any atom is -0.370 e. The number of guanidine groups is 1. The van der Waals surface area contributed by atoms with Crippen molar-refractivity contribution in [2.45, 2.75) is 19.9 Å². The Balaban J connectivity index is 2.45. The van der Waals surface area contributed by atoms with Crippen molar-refractivity contribution < 1.29 is 0 Å². The van der Waals surface area contributed by atoms with Crippen LogP contribution in [0.5, 0.6) is 0 Å². The standard InChI is InChI=1S/C10H17N3S/c1-3-6-12-10(11)13(2)8-9-5-4-7-14-9/h4-5,7H,3,6,8H2,1-2H3,(H2,11,12). The van der Waals surface area contributed by atoms with Gasteiger partial charge in [0.05, 0.1) is 6.54 Å². The van der Waals surface area contributed by atoms with Crippen molar-refractivity contribution in [3.8, 4) is 0 Å². The average molecular weight is 211 g/mol. The monoisotopic (exact) mass is 211 g/mol. The van der Waals surface area contributed by atoms with Gasteiger partial charge in [-0.25, -0.2) is 0 Å². The van der Waals surface area contributed by atoms with Gasteiger partial charge < -0.3 is 10.6 Å². The van der Waals surface area contributed by atoms with E-state index in [1.807, 2.05) is 18.0 Å². The Kier molecular flexibility index (Phi) is 4.46. The third-order valence-corrected chi connectivity index (χ3v) is 2.72. The summed E-state index contributed by atoms with van der Waals surface area (Å²) in [4.78, 5) is 7.53. The molecular formula is C10H17N3S. The Hall–Kier alpha value is -1.03. The Labute approximate surface area is 89.3 Å². The first-order valence-corrected chi connectivity index (χ1v) is 5.65. The molecule has 0 aromatic carbocycles. The van der Waals surface area contributed by atoms with Crippen LogP contribution >= 0.6 is 11.3 Å². The zero-order chi connectivity index (χ0) is 10.4. The summed E-state index contributed by atoms with van der Waals surface area (Å²) in [6.45, 7) is 3.74. The molecule has 0 bridgehead atoms. The fraction of sp³-hybridized carbons (Fsp3) is 0.500. The molecule has 1 rings (SSSR count). The lowest BCUT2D eigenvalue weighted by atomic mass is 10.4. The Bertz CT molecular complexity index is 280. The van der Waals surface area contributed by atoms with Gasteiger partial charge in [0.1, 0.15) is 0 Å². The summed E-state index contributed by atoms with van der Waals surface area (Å²) in [5.41, 5.74) is 5.80. The lowest BCUT2D eigenvalue weighted by Crippen LogP contribution is -2.33. The van der Waals surface area contributed by atoms with E-state index >= 15 is 0 Å². The Morgan fingerprint density at radius 1 is 1.64 bits per heavy atom. The highest BCUT2D eigenvalue weighted by atomic mass is 32.1. The molecule has 78 valence electrons. The quantitative estimate of drug-likeness (QED) is 0.610. The van der Waals surface area contributed by atoms with Gasteiger partial charge in [0, 0.05) is 18.5 Å². The van der Waals surface area contributed by atoms with Crippen molar-refractivity contribution in [2.75, 3.05) is 13.6 Å². The highest BCUT2D eigenvalue weighted by Gasteiger charge is 2.02. The molecule has 1 aromatic rings. The number of rotatable bonds is 4. The van der Waals surface area contributed by atoms with Crippen LogP contribution in [0.2, 0.25) is 0 Å². The van der Waals surface area contributed by atoms with Crippen LogP contribution in [0.15, 0.2) is 22.5 Å². The third-order valence-electron chi connectivity index (χ3n) is 1.86. The van der Waals surface area contributed by atoms with Crippen molar-refractivity contribution in [3.05, 3.63) is 22.4 Å².